The van der Waals surface area contributed by atoms with Crippen LogP contribution < -0.4 is 0 Å². The quantitative estimate of drug-likeness (QED) is 0.753. The Morgan fingerprint density at radius 2 is 1.79 bits per heavy atom. The zero-order valence-electron chi connectivity index (χ0n) is 10.7. The van der Waals surface area contributed by atoms with Crippen molar-refractivity contribution in [2.45, 2.75) is 25.5 Å². The molecule has 0 unspecified atom stereocenters. The van der Waals surface area contributed by atoms with Crippen molar-refractivity contribution in [2.75, 3.05) is 25.6 Å². The third kappa shape index (κ3) is 4.51. The molecule has 0 bridgehead atoms. The molecule has 0 aliphatic carbocycles. The number of nitrogens with zero attached hydrogens (tertiary/aromatic N) is 1. The Bertz CT molecular complexity index is 385. The lowest BCUT2D eigenvalue weighted by Crippen LogP contribution is -2.36. The Balaban J connectivity index is 1.85. The lowest BCUT2D eigenvalue weighted by atomic mass is 10.1. The Labute approximate surface area is 129 Å². The van der Waals surface area contributed by atoms with Crippen molar-refractivity contribution in [1.29, 1.82) is 0 Å². The highest BCUT2D eigenvalue weighted by Gasteiger charge is 2.20. The normalized spacial score (nSPS) is 17.8. The van der Waals surface area contributed by atoms with Crippen LogP contribution in [0.5, 0.6) is 0 Å². The fourth-order valence-electron chi connectivity index (χ4n) is 2.35. The molecular formula is C14H18Cl3NO. The maximum atomic E-state index is 6.20. The van der Waals surface area contributed by atoms with Crippen LogP contribution in [0.1, 0.15) is 18.4 Å². The first-order valence-corrected chi connectivity index (χ1v) is 7.82. The van der Waals surface area contributed by atoms with Gasteiger partial charge in [0.15, 0.2) is 0 Å². The smallest absolute Gasteiger partial charge is 0.0605 e. The maximum absolute atomic E-state index is 6.20. The lowest BCUT2D eigenvalue weighted by molar-refractivity contribution is 0.0135. The van der Waals surface area contributed by atoms with Crippen LogP contribution >= 0.6 is 34.8 Å². The van der Waals surface area contributed by atoms with E-state index in [9.17, 15) is 0 Å². The fraction of sp³-hybridized carbons (Fsp3) is 0.571. The molecule has 1 heterocycles. The van der Waals surface area contributed by atoms with Crippen molar-refractivity contribution < 1.29 is 4.74 Å². The molecule has 2 nitrogen and oxygen atoms in total. The number of ether oxygens (including phenoxy) is 1. The number of hydrogen-bond acceptors (Lipinski definition) is 2. The van der Waals surface area contributed by atoms with Gasteiger partial charge in [-0.25, -0.2) is 0 Å². The van der Waals surface area contributed by atoms with Crippen molar-refractivity contribution in [3.63, 3.8) is 0 Å². The van der Waals surface area contributed by atoms with E-state index in [4.69, 9.17) is 39.5 Å². The van der Waals surface area contributed by atoms with Crippen LogP contribution in [0.2, 0.25) is 10.0 Å². The number of benzene rings is 1. The van der Waals surface area contributed by atoms with Gasteiger partial charge in [-0.1, -0.05) is 29.3 Å². The molecule has 2 rings (SSSR count). The minimum absolute atomic E-state index is 0.344. The van der Waals surface area contributed by atoms with Crippen molar-refractivity contribution in [3.05, 3.63) is 33.8 Å². The van der Waals surface area contributed by atoms with Crippen LogP contribution in [-0.2, 0) is 11.3 Å². The highest BCUT2D eigenvalue weighted by molar-refractivity contribution is 6.35. The summed E-state index contributed by atoms with van der Waals surface area (Å²) in [6, 6.07) is 5.65. The van der Waals surface area contributed by atoms with Crippen LogP contribution in [0.3, 0.4) is 0 Å². The Morgan fingerprint density at radius 1 is 1.16 bits per heavy atom. The molecule has 5 heteroatoms. The largest absolute Gasteiger partial charge is 0.377 e. The van der Waals surface area contributed by atoms with E-state index >= 15 is 0 Å². The van der Waals surface area contributed by atoms with Crippen LogP contribution in [-0.4, -0.2) is 36.6 Å². The molecule has 0 amide bonds. The van der Waals surface area contributed by atoms with E-state index in [2.05, 4.69) is 4.90 Å². The minimum Gasteiger partial charge on any atom is -0.377 e. The van der Waals surface area contributed by atoms with Gasteiger partial charge in [-0.2, -0.15) is 0 Å². The average molecular weight is 323 g/mol. The van der Waals surface area contributed by atoms with Gasteiger partial charge in [0.05, 0.1) is 12.7 Å². The van der Waals surface area contributed by atoms with Gasteiger partial charge in [-0.05, 0) is 25.0 Å². The third-order valence-corrected chi connectivity index (χ3v) is 4.27. The van der Waals surface area contributed by atoms with E-state index in [0.29, 0.717) is 18.6 Å². The summed E-state index contributed by atoms with van der Waals surface area (Å²) >= 11 is 18.0. The summed E-state index contributed by atoms with van der Waals surface area (Å²) in [5.74, 6) is 0.565. The predicted octanol–water partition coefficient (Wildman–Crippen LogP) is 4.21. The summed E-state index contributed by atoms with van der Waals surface area (Å²) in [5, 5.41) is 1.49. The first-order valence-electron chi connectivity index (χ1n) is 6.53. The summed E-state index contributed by atoms with van der Waals surface area (Å²) in [5.41, 5.74) is 1.02. The molecule has 0 saturated carbocycles. The number of rotatable bonds is 5. The SMILES string of the molecule is ClCCOC1CCN(Cc2c(Cl)cccc2Cl)CC1. The molecule has 19 heavy (non-hydrogen) atoms. The highest BCUT2D eigenvalue weighted by atomic mass is 35.5. The van der Waals surface area contributed by atoms with E-state index in [0.717, 1.165) is 48.1 Å². The summed E-state index contributed by atoms with van der Waals surface area (Å²) in [6.07, 6.45) is 2.43. The molecule has 1 saturated heterocycles. The fourth-order valence-corrected chi connectivity index (χ4v) is 2.96. The van der Waals surface area contributed by atoms with Gasteiger partial charge < -0.3 is 4.74 Å². The van der Waals surface area contributed by atoms with Crippen LogP contribution in [0.25, 0.3) is 0 Å². The zero-order valence-corrected chi connectivity index (χ0v) is 13.0. The summed E-state index contributed by atoms with van der Waals surface area (Å²) in [6.45, 7) is 3.46. The second-order valence-electron chi connectivity index (χ2n) is 4.74. The average Bonchev–Trinajstić information content (AvgIpc) is 2.42. The molecule has 0 aromatic heterocycles. The molecule has 0 N–H and O–H groups in total. The van der Waals surface area contributed by atoms with Gasteiger partial charge in [-0.3, -0.25) is 4.90 Å². The van der Waals surface area contributed by atoms with Crippen molar-refractivity contribution in [3.8, 4) is 0 Å². The second kappa shape index (κ2) is 7.70. The van der Waals surface area contributed by atoms with Crippen molar-refractivity contribution in [2.24, 2.45) is 0 Å². The van der Waals surface area contributed by atoms with E-state index in [1.54, 1.807) is 0 Å². The van der Waals surface area contributed by atoms with Gasteiger partial charge in [0.1, 0.15) is 0 Å². The maximum Gasteiger partial charge on any atom is 0.0605 e. The number of alkyl halides is 1. The molecule has 1 aromatic rings. The lowest BCUT2D eigenvalue weighted by Gasteiger charge is -2.32. The molecule has 1 aliphatic heterocycles. The predicted molar refractivity (Wildman–Crippen MR) is 81.4 cm³/mol. The third-order valence-electron chi connectivity index (χ3n) is 3.41. The Hall–Kier alpha value is 0.01000. The number of piperidine rings is 1. The van der Waals surface area contributed by atoms with E-state index in [1.165, 1.54) is 0 Å². The summed E-state index contributed by atoms with van der Waals surface area (Å²) in [7, 11) is 0. The molecule has 1 fully saturated rings. The summed E-state index contributed by atoms with van der Waals surface area (Å²) < 4.78 is 5.67. The Morgan fingerprint density at radius 3 is 2.37 bits per heavy atom. The zero-order chi connectivity index (χ0) is 13.7. The highest BCUT2D eigenvalue weighted by Crippen LogP contribution is 2.27. The van der Waals surface area contributed by atoms with Crippen LogP contribution in [0, 0.1) is 0 Å². The van der Waals surface area contributed by atoms with Crippen molar-refractivity contribution >= 4 is 34.8 Å². The van der Waals surface area contributed by atoms with E-state index in [1.807, 2.05) is 18.2 Å². The molecule has 106 valence electrons. The molecular weight excluding hydrogens is 305 g/mol. The Kier molecular flexibility index (Phi) is 6.24. The van der Waals surface area contributed by atoms with E-state index in [-0.39, 0.29) is 0 Å². The van der Waals surface area contributed by atoms with Crippen LogP contribution in [0.4, 0.5) is 0 Å². The summed E-state index contributed by atoms with van der Waals surface area (Å²) in [4.78, 5) is 2.37. The first-order chi connectivity index (χ1) is 9.20. The van der Waals surface area contributed by atoms with Gasteiger partial charge in [0.2, 0.25) is 0 Å². The topological polar surface area (TPSA) is 12.5 Å². The number of hydrogen-bond donors (Lipinski definition) is 0. The van der Waals surface area contributed by atoms with Crippen molar-refractivity contribution in [1.82, 2.24) is 4.90 Å². The van der Waals surface area contributed by atoms with Gasteiger partial charge in [0.25, 0.3) is 0 Å². The first kappa shape index (κ1) is 15.4. The van der Waals surface area contributed by atoms with Crippen LogP contribution in [0.15, 0.2) is 18.2 Å². The van der Waals surface area contributed by atoms with Gasteiger partial charge >= 0.3 is 0 Å². The minimum atomic E-state index is 0.344. The molecule has 1 aliphatic rings. The molecule has 0 atom stereocenters. The molecule has 0 spiro atoms. The van der Waals surface area contributed by atoms with E-state index < -0.39 is 0 Å². The second-order valence-corrected chi connectivity index (χ2v) is 5.93. The van der Waals surface area contributed by atoms with Gasteiger partial charge in [-0.15, -0.1) is 11.6 Å². The van der Waals surface area contributed by atoms with Gasteiger partial charge in [0, 0.05) is 41.1 Å². The number of likely N-dealkylation sites (tertiary alicyclic amines) is 1. The standard InChI is InChI=1S/C14H18Cl3NO/c15-6-9-19-11-4-7-18(8-5-11)10-12-13(16)2-1-3-14(12)17/h1-3,11H,4-10H2. The number of halogens is 3. The monoisotopic (exact) mass is 321 g/mol. The molecule has 1 aromatic carbocycles. The molecule has 0 radical (unpaired) electrons.